The van der Waals surface area contributed by atoms with Gasteiger partial charge in [-0.2, -0.15) is 0 Å². The third-order valence-corrected chi connectivity index (χ3v) is 2.48. The van der Waals surface area contributed by atoms with E-state index in [1.807, 2.05) is 13.8 Å². The van der Waals surface area contributed by atoms with Crippen molar-refractivity contribution >= 4 is 11.8 Å². The predicted octanol–water partition coefficient (Wildman–Crippen LogP) is -0.591. The molecule has 0 aliphatic carbocycles. The van der Waals surface area contributed by atoms with Crippen molar-refractivity contribution in [1.29, 1.82) is 0 Å². The van der Waals surface area contributed by atoms with E-state index in [2.05, 4.69) is 10.9 Å². The van der Waals surface area contributed by atoms with Crippen LogP contribution in [0.25, 0.3) is 0 Å². The third-order valence-electron chi connectivity index (χ3n) is 2.48. The lowest BCUT2D eigenvalue weighted by Crippen LogP contribution is -2.45. The molecule has 2 unspecified atom stereocenters. The van der Waals surface area contributed by atoms with Crippen molar-refractivity contribution in [3.63, 3.8) is 0 Å². The molecule has 6 nitrogen and oxygen atoms in total. The van der Waals surface area contributed by atoms with Gasteiger partial charge in [0.2, 0.25) is 11.8 Å². The van der Waals surface area contributed by atoms with Crippen molar-refractivity contribution in [1.82, 2.24) is 10.9 Å². The highest BCUT2D eigenvalue weighted by atomic mass is 16.2. The van der Waals surface area contributed by atoms with E-state index in [1.165, 1.54) is 0 Å². The number of amides is 2. The second-order valence-electron chi connectivity index (χ2n) is 3.43. The van der Waals surface area contributed by atoms with Crippen LogP contribution in [0.2, 0.25) is 0 Å². The van der Waals surface area contributed by atoms with Crippen LogP contribution < -0.4 is 22.5 Å². The number of nitrogens with one attached hydrogen (secondary N) is 2. The molecule has 0 bridgehead atoms. The van der Waals surface area contributed by atoms with Crippen molar-refractivity contribution in [3.05, 3.63) is 0 Å². The Morgan fingerprint density at radius 3 is 1.87 bits per heavy atom. The molecule has 6 heteroatoms. The molecule has 2 atom stereocenters. The Labute approximate surface area is 89.7 Å². The molecule has 6 N–H and O–H groups in total. The molecule has 15 heavy (non-hydrogen) atoms. The molecule has 0 radical (unpaired) electrons. The Kier molecular flexibility index (Phi) is 6.64. The van der Waals surface area contributed by atoms with Crippen LogP contribution in [0.1, 0.15) is 33.1 Å². The molecule has 0 saturated carbocycles. The van der Waals surface area contributed by atoms with Gasteiger partial charge >= 0.3 is 0 Å². The first-order chi connectivity index (χ1) is 7.12. The number of rotatable bonds is 6. The summed E-state index contributed by atoms with van der Waals surface area (Å²) in [5.41, 5.74) is 4.16. The van der Waals surface area contributed by atoms with E-state index >= 15 is 0 Å². The Hall–Kier alpha value is -1.14. The van der Waals surface area contributed by atoms with E-state index in [-0.39, 0.29) is 11.8 Å². The van der Waals surface area contributed by atoms with E-state index < -0.39 is 11.8 Å². The molecule has 0 aromatic heterocycles. The monoisotopic (exact) mass is 216 g/mol. The van der Waals surface area contributed by atoms with Gasteiger partial charge < -0.3 is 0 Å². The molecule has 0 aliphatic heterocycles. The van der Waals surface area contributed by atoms with Crippen LogP contribution in [0.4, 0.5) is 0 Å². The first kappa shape index (κ1) is 13.9. The number of hydrazine groups is 2. The van der Waals surface area contributed by atoms with Gasteiger partial charge in [-0.1, -0.05) is 20.3 Å². The Balaban J connectivity index is 4.68. The maximum Gasteiger partial charge on any atom is 0.237 e. The molecule has 0 fully saturated rings. The lowest BCUT2D eigenvalue weighted by molar-refractivity contribution is -0.135. The van der Waals surface area contributed by atoms with Crippen molar-refractivity contribution in [2.75, 3.05) is 0 Å². The molecular weight excluding hydrogens is 196 g/mol. The standard InChI is InChI=1S/C9H20N4O2/c1-3-5-7(9(15)13-11)6(4-2)8(14)12-10/h6-7H,3-5,10-11H2,1-2H3,(H,12,14)(H,13,15). The first-order valence-electron chi connectivity index (χ1n) is 5.13. The maximum absolute atomic E-state index is 11.5. The van der Waals surface area contributed by atoms with Crippen LogP contribution in [0, 0.1) is 11.8 Å². The summed E-state index contributed by atoms with van der Waals surface area (Å²) in [6, 6.07) is 0. The van der Waals surface area contributed by atoms with Gasteiger partial charge in [0.25, 0.3) is 0 Å². The van der Waals surface area contributed by atoms with Crippen LogP contribution in [-0.4, -0.2) is 11.8 Å². The molecule has 0 aromatic rings. The van der Waals surface area contributed by atoms with Gasteiger partial charge in [0, 0.05) is 0 Å². The van der Waals surface area contributed by atoms with Crippen molar-refractivity contribution in [2.45, 2.75) is 33.1 Å². The number of hydrogen-bond donors (Lipinski definition) is 4. The summed E-state index contributed by atoms with van der Waals surface area (Å²) in [5.74, 6) is 8.68. The largest absolute Gasteiger partial charge is 0.294 e. The zero-order valence-corrected chi connectivity index (χ0v) is 9.25. The summed E-state index contributed by atoms with van der Waals surface area (Å²) in [6.07, 6.45) is 1.99. The van der Waals surface area contributed by atoms with Crippen LogP contribution >= 0.6 is 0 Å². The second kappa shape index (κ2) is 7.19. The van der Waals surface area contributed by atoms with Gasteiger partial charge in [-0.05, 0) is 12.8 Å². The van der Waals surface area contributed by atoms with Crippen molar-refractivity contribution < 1.29 is 9.59 Å². The fourth-order valence-corrected chi connectivity index (χ4v) is 1.69. The molecule has 88 valence electrons. The summed E-state index contributed by atoms with van der Waals surface area (Å²) in [4.78, 5) is 22.9. The van der Waals surface area contributed by atoms with Gasteiger partial charge in [0.05, 0.1) is 11.8 Å². The smallest absolute Gasteiger partial charge is 0.237 e. The Morgan fingerprint density at radius 1 is 1.07 bits per heavy atom. The highest BCUT2D eigenvalue weighted by Gasteiger charge is 2.30. The first-order valence-corrected chi connectivity index (χ1v) is 5.13. The van der Waals surface area contributed by atoms with Crippen LogP contribution in [0.15, 0.2) is 0 Å². The number of hydrogen-bond acceptors (Lipinski definition) is 4. The van der Waals surface area contributed by atoms with Crippen molar-refractivity contribution in [2.24, 2.45) is 23.5 Å². The van der Waals surface area contributed by atoms with Crippen LogP contribution in [0.5, 0.6) is 0 Å². The fraction of sp³-hybridized carbons (Fsp3) is 0.778. The topological polar surface area (TPSA) is 110 Å². The van der Waals surface area contributed by atoms with Gasteiger partial charge in [-0.25, -0.2) is 11.7 Å². The Bertz CT molecular complexity index is 220. The molecule has 0 rings (SSSR count). The molecule has 0 aromatic carbocycles. The van der Waals surface area contributed by atoms with E-state index in [0.717, 1.165) is 6.42 Å². The summed E-state index contributed by atoms with van der Waals surface area (Å²) in [6.45, 7) is 3.79. The summed E-state index contributed by atoms with van der Waals surface area (Å²) in [7, 11) is 0. The molecule has 0 aliphatic rings. The average Bonchev–Trinajstić information content (AvgIpc) is 2.27. The maximum atomic E-state index is 11.5. The summed E-state index contributed by atoms with van der Waals surface area (Å²) in [5, 5.41) is 0. The zero-order chi connectivity index (χ0) is 11.8. The molecule has 2 amide bonds. The fourth-order valence-electron chi connectivity index (χ4n) is 1.69. The highest BCUT2D eigenvalue weighted by molar-refractivity contribution is 5.87. The quantitative estimate of drug-likeness (QED) is 0.270. The molecule has 0 saturated heterocycles. The van der Waals surface area contributed by atoms with Gasteiger partial charge in [-0.3, -0.25) is 20.4 Å². The number of nitrogens with two attached hydrogens (primary N) is 2. The van der Waals surface area contributed by atoms with E-state index in [0.29, 0.717) is 12.8 Å². The van der Waals surface area contributed by atoms with E-state index in [4.69, 9.17) is 11.7 Å². The van der Waals surface area contributed by atoms with Gasteiger partial charge in [0.1, 0.15) is 0 Å². The third kappa shape index (κ3) is 3.85. The minimum absolute atomic E-state index is 0.313. The zero-order valence-electron chi connectivity index (χ0n) is 9.25. The van der Waals surface area contributed by atoms with E-state index in [1.54, 1.807) is 0 Å². The summed E-state index contributed by atoms with van der Waals surface area (Å²) >= 11 is 0. The second-order valence-corrected chi connectivity index (χ2v) is 3.43. The molecule has 0 spiro atoms. The lowest BCUT2D eigenvalue weighted by Gasteiger charge is -2.22. The lowest BCUT2D eigenvalue weighted by atomic mass is 9.85. The van der Waals surface area contributed by atoms with E-state index in [9.17, 15) is 9.59 Å². The minimum Gasteiger partial charge on any atom is -0.294 e. The minimum atomic E-state index is -0.418. The molecule has 0 heterocycles. The SMILES string of the molecule is CCCC(C(=O)NN)C(CC)C(=O)NN. The average molecular weight is 216 g/mol. The number of carbonyl (C=O) groups excluding carboxylic acids is 2. The number of carbonyl (C=O) groups is 2. The van der Waals surface area contributed by atoms with Crippen molar-refractivity contribution in [3.8, 4) is 0 Å². The normalized spacial score (nSPS) is 14.1. The van der Waals surface area contributed by atoms with Gasteiger partial charge in [-0.15, -0.1) is 0 Å². The predicted molar refractivity (Wildman–Crippen MR) is 56.8 cm³/mol. The highest BCUT2D eigenvalue weighted by Crippen LogP contribution is 2.21. The van der Waals surface area contributed by atoms with Crippen LogP contribution in [0.3, 0.4) is 0 Å². The Morgan fingerprint density at radius 2 is 1.53 bits per heavy atom. The van der Waals surface area contributed by atoms with Gasteiger partial charge in [0.15, 0.2) is 0 Å². The van der Waals surface area contributed by atoms with Crippen LogP contribution in [-0.2, 0) is 9.59 Å². The molecular formula is C9H20N4O2. The summed E-state index contributed by atoms with van der Waals surface area (Å²) < 4.78 is 0.